The third-order valence-corrected chi connectivity index (χ3v) is 13.8. The molecule has 0 aliphatic carbocycles. The van der Waals surface area contributed by atoms with Crippen molar-refractivity contribution in [2.24, 2.45) is 5.92 Å². The maximum atomic E-state index is 11.7. The van der Waals surface area contributed by atoms with Crippen LogP contribution in [-0.2, 0) is 22.9 Å². The number of ether oxygens (including phenoxy) is 1. The van der Waals surface area contributed by atoms with Crippen molar-refractivity contribution in [3.63, 3.8) is 0 Å². The first-order valence-electron chi connectivity index (χ1n) is 8.51. The van der Waals surface area contributed by atoms with Gasteiger partial charge in [-0.1, -0.05) is 13.3 Å². The van der Waals surface area contributed by atoms with Gasteiger partial charge in [-0.3, -0.25) is 9.59 Å². The topological polar surface area (TPSA) is 69.7 Å². The molecule has 1 aliphatic heterocycles. The Balaban J connectivity index is 2.38. The number of esters is 2. The molecule has 0 spiro atoms. The predicted octanol–water partition coefficient (Wildman–Crippen LogP) is 3.73. The Morgan fingerprint density at radius 3 is 2.30 bits per heavy atom. The van der Waals surface area contributed by atoms with E-state index < -0.39 is 31.3 Å². The molecule has 1 fully saturated rings. The monoisotopic (exact) mass is 374 g/mol. The summed E-state index contributed by atoms with van der Waals surface area (Å²) in [5.74, 6) is -1.02. The van der Waals surface area contributed by atoms with Gasteiger partial charge in [0.2, 0.25) is 0 Å². The van der Waals surface area contributed by atoms with Crippen molar-refractivity contribution in [2.45, 2.75) is 76.6 Å². The number of carbonyl (C=O) groups excluding carboxylic acids is 2. The molecule has 1 heterocycles. The lowest BCUT2D eigenvalue weighted by atomic mass is 10.0. The average Bonchev–Trinajstić information content (AvgIpc) is 2.73. The zero-order chi connectivity index (χ0) is 17.7. The summed E-state index contributed by atoms with van der Waals surface area (Å²) in [6, 6.07) is 3.52. The summed E-state index contributed by atoms with van der Waals surface area (Å²) in [7, 11) is -5.00. The molecule has 1 aliphatic rings. The molecule has 1 atom stereocenters. The molecular weight excluding hydrogens is 344 g/mol. The van der Waals surface area contributed by atoms with Crippen LogP contribution in [0.5, 0.6) is 0 Å². The highest BCUT2D eigenvalue weighted by atomic mass is 28.4. The van der Waals surface area contributed by atoms with Crippen molar-refractivity contribution in [2.75, 3.05) is 0 Å². The van der Waals surface area contributed by atoms with E-state index in [1.165, 1.54) is 0 Å². The summed E-state index contributed by atoms with van der Waals surface area (Å²) >= 11 is 0. The van der Waals surface area contributed by atoms with E-state index in [1.54, 1.807) is 0 Å². The summed E-state index contributed by atoms with van der Waals surface area (Å²) in [4.78, 5) is 22.6. The lowest BCUT2D eigenvalue weighted by molar-refractivity contribution is -0.153. The van der Waals surface area contributed by atoms with Crippen molar-refractivity contribution in [1.82, 2.24) is 0 Å². The minimum Gasteiger partial charge on any atom is -0.455 e. The van der Waals surface area contributed by atoms with Gasteiger partial charge in [-0.05, 0) is 56.8 Å². The Hall–Kier alpha value is -0.449. The van der Waals surface area contributed by atoms with E-state index >= 15 is 0 Å². The summed E-state index contributed by atoms with van der Waals surface area (Å²) in [5.41, 5.74) is 0. The van der Waals surface area contributed by atoms with Gasteiger partial charge < -0.3 is 13.3 Å². The van der Waals surface area contributed by atoms with Crippen LogP contribution in [0.1, 0.15) is 26.2 Å². The van der Waals surface area contributed by atoms with Crippen molar-refractivity contribution in [3.05, 3.63) is 0 Å². The molecular formula is C15H30O5Si3. The first-order chi connectivity index (χ1) is 10.5. The van der Waals surface area contributed by atoms with E-state index in [9.17, 15) is 14.1 Å². The molecule has 0 N–H and O–H groups in total. The highest BCUT2D eigenvalue weighted by molar-refractivity contribution is 6.85. The number of hydrogen-bond donors (Lipinski definition) is 0. The second-order valence-corrected chi connectivity index (χ2v) is 18.7. The van der Waals surface area contributed by atoms with E-state index in [4.69, 9.17) is 4.12 Å². The van der Waals surface area contributed by atoms with Crippen molar-refractivity contribution >= 4 is 37.3 Å². The minimum absolute atomic E-state index is 0.229. The maximum absolute atomic E-state index is 11.7. The first-order valence-corrected chi connectivity index (χ1v) is 16.6. The molecule has 1 unspecified atom stereocenters. The van der Waals surface area contributed by atoms with Gasteiger partial charge in [-0.2, -0.15) is 0 Å². The molecule has 8 heteroatoms. The minimum atomic E-state index is -1.80. The molecule has 0 aromatic heterocycles. The van der Waals surface area contributed by atoms with E-state index in [1.807, 2.05) is 6.92 Å². The summed E-state index contributed by atoms with van der Waals surface area (Å²) in [6.07, 6.45) is 1.82. The fourth-order valence-electron chi connectivity index (χ4n) is 2.98. The average molecular weight is 375 g/mol. The van der Waals surface area contributed by atoms with Crippen LogP contribution in [0.2, 0.25) is 50.4 Å². The normalized spacial score (nSPS) is 19.1. The quantitative estimate of drug-likeness (QED) is 0.331. The zero-order valence-electron chi connectivity index (χ0n) is 15.1. The van der Waals surface area contributed by atoms with E-state index in [2.05, 4.69) is 30.9 Å². The van der Waals surface area contributed by atoms with Crippen LogP contribution in [0.25, 0.3) is 0 Å². The Bertz CT molecular complexity index is 462. The Labute approximate surface area is 143 Å². The molecule has 0 aromatic rings. The van der Waals surface area contributed by atoms with Gasteiger partial charge in [0, 0.05) is 0 Å². The second-order valence-electron chi connectivity index (χ2n) is 7.60. The fraction of sp³-hybridized carbons (Fsp3) is 0.867. The van der Waals surface area contributed by atoms with Gasteiger partial charge in [-0.15, -0.1) is 0 Å². The Morgan fingerprint density at radius 1 is 1.17 bits per heavy atom. The number of hydrogen-bond acceptors (Lipinski definition) is 5. The van der Waals surface area contributed by atoms with Crippen LogP contribution >= 0.6 is 0 Å². The molecule has 0 amide bonds. The summed E-state index contributed by atoms with van der Waals surface area (Å²) in [6.45, 7) is 10.8. The number of rotatable bonds is 10. The Kier molecular flexibility index (Phi) is 7.69. The molecule has 0 bridgehead atoms. The molecule has 0 radical (unpaired) electrons. The maximum Gasteiger partial charge on any atom is 0.317 e. The van der Waals surface area contributed by atoms with E-state index in [0.717, 1.165) is 30.6 Å². The van der Waals surface area contributed by atoms with Crippen LogP contribution in [0.4, 0.5) is 0 Å². The van der Waals surface area contributed by atoms with Gasteiger partial charge in [0.15, 0.2) is 16.6 Å². The largest absolute Gasteiger partial charge is 0.455 e. The van der Waals surface area contributed by atoms with Gasteiger partial charge in [0.1, 0.15) is 0 Å². The highest BCUT2D eigenvalue weighted by Gasteiger charge is 2.35. The smallest absolute Gasteiger partial charge is 0.317 e. The van der Waals surface area contributed by atoms with Crippen LogP contribution in [0, 0.1) is 5.92 Å². The van der Waals surface area contributed by atoms with Gasteiger partial charge in [-0.25, -0.2) is 0 Å². The van der Waals surface area contributed by atoms with Gasteiger partial charge in [0.05, 0.1) is 12.3 Å². The SMILES string of the molecule is CC[Si](=O)CC[Si](C)(C)O[Si](C)(C)CCCC1CC(=O)OC1=O. The first kappa shape index (κ1) is 20.6. The molecule has 132 valence electrons. The summed E-state index contributed by atoms with van der Waals surface area (Å²) < 4.78 is 22.8. The molecule has 0 aromatic carbocycles. The molecule has 0 saturated carbocycles. The van der Waals surface area contributed by atoms with Crippen molar-refractivity contribution < 1.29 is 22.9 Å². The second kappa shape index (κ2) is 8.59. The Morgan fingerprint density at radius 2 is 1.78 bits per heavy atom. The zero-order valence-corrected chi connectivity index (χ0v) is 18.1. The number of carbonyl (C=O) groups is 2. The van der Waals surface area contributed by atoms with Gasteiger partial charge >= 0.3 is 11.9 Å². The number of cyclic esters (lactones) is 2. The third-order valence-electron chi connectivity index (χ3n) is 4.25. The van der Waals surface area contributed by atoms with Crippen molar-refractivity contribution in [1.29, 1.82) is 0 Å². The molecule has 23 heavy (non-hydrogen) atoms. The molecule has 1 saturated heterocycles. The third kappa shape index (κ3) is 7.77. The van der Waals surface area contributed by atoms with Crippen LogP contribution in [0.3, 0.4) is 0 Å². The molecule has 1 rings (SSSR count). The molecule has 5 nitrogen and oxygen atoms in total. The van der Waals surface area contributed by atoms with Crippen LogP contribution < -0.4 is 0 Å². The highest BCUT2D eigenvalue weighted by Crippen LogP contribution is 2.27. The van der Waals surface area contributed by atoms with E-state index in [0.29, 0.717) is 6.42 Å². The predicted molar refractivity (Wildman–Crippen MR) is 95.8 cm³/mol. The lowest BCUT2D eigenvalue weighted by Gasteiger charge is -2.34. The summed E-state index contributed by atoms with van der Waals surface area (Å²) in [5, 5.41) is 0. The van der Waals surface area contributed by atoms with Gasteiger partial charge in [0.25, 0.3) is 8.68 Å². The standard InChI is InChI=1S/C15H30O5Si3/c1-6-21(18)9-11-23(4,5)20-22(2,3)10-7-8-13-12-14(16)19-15(13)17/h13H,6-12H2,1-5H3. The van der Waals surface area contributed by atoms with E-state index in [-0.39, 0.29) is 18.3 Å². The fourth-order valence-corrected chi connectivity index (χ4v) is 14.7. The van der Waals surface area contributed by atoms with Crippen LogP contribution in [-0.4, -0.2) is 37.3 Å². The van der Waals surface area contributed by atoms with Crippen molar-refractivity contribution in [3.8, 4) is 0 Å². The van der Waals surface area contributed by atoms with Crippen LogP contribution in [0.15, 0.2) is 0 Å². The lowest BCUT2D eigenvalue weighted by Crippen LogP contribution is -2.44.